The Bertz CT molecular complexity index is 650. The van der Waals surface area contributed by atoms with Crippen molar-refractivity contribution < 1.29 is 8.42 Å². The van der Waals surface area contributed by atoms with Gasteiger partial charge in [0.05, 0.1) is 0 Å². The van der Waals surface area contributed by atoms with Gasteiger partial charge in [0.15, 0.2) is 0 Å². The van der Waals surface area contributed by atoms with Crippen LogP contribution in [0.15, 0.2) is 34.0 Å². The summed E-state index contributed by atoms with van der Waals surface area (Å²) in [6.07, 6.45) is 1.26. The van der Waals surface area contributed by atoms with E-state index in [1.165, 1.54) is 18.3 Å². The van der Waals surface area contributed by atoms with Crippen LogP contribution in [-0.2, 0) is 16.6 Å². The van der Waals surface area contributed by atoms with Gasteiger partial charge in [0, 0.05) is 12.7 Å². The van der Waals surface area contributed by atoms with Gasteiger partial charge in [0.2, 0.25) is 10.0 Å². The molecule has 0 aromatic carbocycles. The molecule has 0 aliphatic heterocycles. The van der Waals surface area contributed by atoms with Crippen molar-refractivity contribution in [2.75, 3.05) is 5.43 Å². The van der Waals surface area contributed by atoms with Crippen LogP contribution in [0.25, 0.3) is 0 Å². The van der Waals surface area contributed by atoms with Gasteiger partial charge in [-0.2, -0.15) is 11.3 Å². The van der Waals surface area contributed by atoms with Crippen molar-refractivity contribution in [3.8, 4) is 0 Å². The molecule has 19 heavy (non-hydrogen) atoms. The minimum absolute atomic E-state index is 0.111. The number of nitrogens with one attached hydrogen (secondary N) is 2. The van der Waals surface area contributed by atoms with Crippen LogP contribution < -0.4 is 16.0 Å². The number of aryl methyl sites for hydroxylation is 1. The summed E-state index contributed by atoms with van der Waals surface area (Å²) in [5.74, 6) is 5.58. The van der Waals surface area contributed by atoms with Gasteiger partial charge in [0.25, 0.3) is 0 Å². The van der Waals surface area contributed by atoms with E-state index in [1.807, 2.05) is 17.7 Å². The smallest absolute Gasteiger partial charge is 0.242 e. The van der Waals surface area contributed by atoms with Crippen molar-refractivity contribution in [2.45, 2.75) is 18.4 Å². The monoisotopic (exact) mass is 298 g/mol. The first-order valence-corrected chi connectivity index (χ1v) is 7.89. The summed E-state index contributed by atoms with van der Waals surface area (Å²) >= 11 is 1.55. The number of hydrogen-bond donors (Lipinski definition) is 3. The summed E-state index contributed by atoms with van der Waals surface area (Å²) in [5, 5.41) is 3.91. The largest absolute Gasteiger partial charge is 0.308 e. The minimum Gasteiger partial charge on any atom is -0.308 e. The van der Waals surface area contributed by atoms with Gasteiger partial charge in [-0.15, -0.1) is 0 Å². The molecule has 0 atom stereocenters. The number of pyridine rings is 1. The third-order valence-electron chi connectivity index (χ3n) is 2.61. The molecule has 0 unspecified atom stereocenters. The second kappa shape index (κ2) is 5.66. The molecule has 0 saturated heterocycles. The quantitative estimate of drug-likeness (QED) is 0.569. The molecule has 2 rings (SSSR count). The molecule has 0 aliphatic rings. The first-order chi connectivity index (χ1) is 9.03. The number of anilines is 1. The van der Waals surface area contributed by atoms with E-state index in [0.717, 1.165) is 11.1 Å². The summed E-state index contributed by atoms with van der Waals surface area (Å²) in [7, 11) is -3.55. The third kappa shape index (κ3) is 3.29. The van der Waals surface area contributed by atoms with Gasteiger partial charge in [0.1, 0.15) is 10.7 Å². The van der Waals surface area contributed by atoms with E-state index in [4.69, 9.17) is 5.84 Å². The highest BCUT2D eigenvalue weighted by atomic mass is 32.2. The molecule has 6 nitrogen and oxygen atoms in total. The lowest BCUT2D eigenvalue weighted by atomic mass is 10.2. The fourth-order valence-electron chi connectivity index (χ4n) is 1.45. The lowest BCUT2D eigenvalue weighted by Gasteiger charge is -2.07. The maximum atomic E-state index is 12.0. The van der Waals surface area contributed by atoms with E-state index >= 15 is 0 Å². The summed E-state index contributed by atoms with van der Waals surface area (Å²) in [5.41, 5.74) is 4.39. The van der Waals surface area contributed by atoms with Gasteiger partial charge >= 0.3 is 0 Å². The fraction of sp³-hybridized carbons (Fsp3) is 0.182. The van der Waals surface area contributed by atoms with Crippen molar-refractivity contribution in [2.24, 2.45) is 5.84 Å². The molecule has 0 spiro atoms. The maximum Gasteiger partial charge on any atom is 0.242 e. The van der Waals surface area contributed by atoms with Gasteiger partial charge in [-0.05, 0) is 40.9 Å². The van der Waals surface area contributed by atoms with E-state index in [2.05, 4.69) is 15.1 Å². The predicted octanol–water partition coefficient (Wildman–Crippen LogP) is 1.22. The van der Waals surface area contributed by atoms with Crippen LogP contribution in [0.3, 0.4) is 0 Å². The first kappa shape index (κ1) is 13.9. The third-order valence-corrected chi connectivity index (χ3v) is 4.91. The average Bonchev–Trinajstić information content (AvgIpc) is 2.82. The van der Waals surface area contributed by atoms with Crippen LogP contribution in [-0.4, -0.2) is 13.4 Å². The molecule has 102 valence electrons. The van der Waals surface area contributed by atoms with E-state index < -0.39 is 10.0 Å². The zero-order chi connectivity index (χ0) is 13.9. The highest BCUT2D eigenvalue weighted by Gasteiger charge is 2.14. The summed E-state index contributed by atoms with van der Waals surface area (Å²) in [4.78, 5) is 3.98. The Labute approximate surface area is 115 Å². The molecule has 0 radical (unpaired) electrons. The van der Waals surface area contributed by atoms with Crippen LogP contribution in [0.5, 0.6) is 0 Å². The SMILES string of the molecule is Cc1cscc1CNS(=O)(=O)c1ccc(NN)nc1. The Kier molecular flexibility index (Phi) is 4.15. The van der Waals surface area contributed by atoms with Crippen LogP contribution in [0, 0.1) is 6.92 Å². The van der Waals surface area contributed by atoms with Crippen LogP contribution in [0.4, 0.5) is 5.82 Å². The zero-order valence-electron chi connectivity index (χ0n) is 10.3. The van der Waals surface area contributed by atoms with Crippen LogP contribution in [0.1, 0.15) is 11.1 Å². The van der Waals surface area contributed by atoms with Gasteiger partial charge in [-0.25, -0.2) is 24.0 Å². The minimum atomic E-state index is -3.55. The molecular weight excluding hydrogens is 284 g/mol. The number of hydrazine groups is 1. The Morgan fingerprint density at radius 2 is 2.16 bits per heavy atom. The highest BCUT2D eigenvalue weighted by Crippen LogP contribution is 2.15. The second-order valence-corrected chi connectivity index (χ2v) is 6.44. The van der Waals surface area contributed by atoms with Gasteiger partial charge < -0.3 is 5.43 Å². The number of nitrogens with zero attached hydrogens (tertiary/aromatic N) is 1. The molecule has 8 heteroatoms. The van der Waals surface area contributed by atoms with Gasteiger partial charge in [-0.1, -0.05) is 0 Å². The number of rotatable bonds is 5. The molecule has 4 N–H and O–H groups in total. The van der Waals surface area contributed by atoms with Gasteiger partial charge in [-0.3, -0.25) is 0 Å². The molecule has 2 aromatic rings. The molecule has 0 aliphatic carbocycles. The topological polar surface area (TPSA) is 97.1 Å². The van der Waals surface area contributed by atoms with Crippen molar-refractivity contribution in [3.63, 3.8) is 0 Å². The number of sulfonamides is 1. The van der Waals surface area contributed by atoms with E-state index in [-0.39, 0.29) is 11.4 Å². The Morgan fingerprint density at radius 1 is 1.37 bits per heavy atom. The number of thiophene rings is 1. The Hall–Kier alpha value is -1.48. The molecule has 2 aromatic heterocycles. The first-order valence-electron chi connectivity index (χ1n) is 5.47. The average molecular weight is 298 g/mol. The standard InChI is InChI=1S/C11H14N4O2S2/c1-8-6-18-7-9(8)4-14-19(16,17)10-2-3-11(15-12)13-5-10/h2-3,5-7,14H,4,12H2,1H3,(H,13,15). The number of nitrogen functional groups attached to an aromatic ring is 1. The van der Waals surface area contributed by atoms with E-state index in [0.29, 0.717) is 5.82 Å². The normalized spacial score (nSPS) is 11.5. The second-order valence-electron chi connectivity index (χ2n) is 3.93. The summed E-state index contributed by atoms with van der Waals surface area (Å²) in [6.45, 7) is 2.22. The summed E-state index contributed by atoms with van der Waals surface area (Å²) < 4.78 is 26.6. The van der Waals surface area contributed by atoms with E-state index in [1.54, 1.807) is 11.3 Å². The maximum absolute atomic E-state index is 12.0. The van der Waals surface area contributed by atoms with E-state index in [9.17, 15) is 8.42 Å². The number of hydrogen-bond acceptors (Lipinski definition) is 6. The predicted molar refractivity (Wildman–Crippen MR) is 75.1 cm³/mol. The van der Waals surface area contributed by atoms with Crippen molar-refractivity contribution in [1.82, 2.24) is 9.71 Å². The number of aromatic nitrogens is 1. The Morgan fingerprint density at radius 3 is 2.68 bits per heavy atom. The van der Waals surface area contributed by atoms with Crippen molar-refractivity contribution in [3.05, 3.63) is 40.2 Å². The Balaban J connectivity index is 2.11. The molecule has 0 fully saturated rings. The molecule has 0 saturated carbocycles. The highest BCUT2D eigenvalue weighted by molar-refractivity contribution is 7.89. The van der Waals surface area contributed by atoms with Crippen molar-refractivity contribution in [1.29, 1.82) is 0 Å². The van der Waals surface area contributed by atoms with Crippen molar-refractivity contribution >= 4 is 27.2 Å². The zero-order valence-corrected chi connectivity index (χ0v) is 11.9. The van der Waals surface area contributed by atoms with Crippen LogP contribution in [0.2, 0.25) is 0 Å². The molecule has 0 bridgehead atoms. The lowest BCUT2D eigenvalue weighted by molar-refractivity contribution is 0.581. The summed E-state index contributed by atoms with van der Waals surface area (Å²) in [6, 6.07) is 2.95. The molecular formula is C11H14N4O2S2. The molecule has 2 heterocycles. The van der Waals surface area contributed by atoms with Crippen LogP contribution >= 0.6 is 11.3 Å². The number of nitrogens with two attached hydrogens (primary N) is 1. The fourth-order valence-corrected chi connectivity index (χ4v) is 3.26. The molecule has 0 amide bonds. The lowest BCUT2D eigenvalue weighted by Crippen LogP contribution is -2.23.